The highest BCUT2D eigenvalue weighted by molar-refractivity contribution is 8.24. The van der Waals surface area contributed by atoms with Crippen LogP contribution in [-0.2, 0) is 6.54 Å². The predicted octanol–water partition coefficient (Wildman–Crippen LogP) is 5.32. The Morgan fingerprint density at radius 2 is 1.88 bits per heavy atom. The summed E-state index contributed by atoms with van der Waals surface area (Å²) < 4.78 is 21.4. The second-order valence-electron chi connectivity index (χ2n) is 8.07. The maximum atomic E-state index is 12.9. The van der Waals surface area contributed by atoms with Crippen LogP contribution in [0.3, 0.4) is 0 Å². The first-order valence-electron chi connectivity index (χ1n) is 10.6. The predicted molar refractivity (Wildman–Crippen MR) is 132 cm³/mol. The van der Waals surface area contributed by atoms with Gasteiger partial charge in [0.15, 0.2) is 0 Å². The molecule has 5 rings (SSSR count). The lowest BCUT2D eigenvalue weighted by Crippen LogP contribution is -2.26. The van der Waals surface area contributed by atoms with Crippen LogP contribution in [0.5, 0.6) is 0 Å². The average Bonchev–Trinajstić information content (AvgIpc) is 2.96. The zero-order valence-electron chi connectivity index (χ0n) is 18.1. The van der Waals surface area contributed by atoms with Gasteiger partial charge in [0.2, 0.25) is 0 Å². The fraction of sp³-hybridized carbons (Fsp3) is 0.160. The van der Waals surface area contributed by atoms with Crippen molar-refractivity contribution in [2.24, 2.45) is 0 Å². The monoisotopic (exact) mass is 460 g/mol. The number of nitrogens with one attached hydrogen (secondary N) is 1. The fourth-order valence-electron chi connectivity index (χ4n) is 4.11. The van der Waals surface area contributed by atoms with E-state index in [2.05, 4.69) is 10.3 Å². The zero-order chi connectivity index (χ0) is 23.0. The third-order valence-corrected chi connectivity index (χ3v) is 7.68. The summed E-state index contributed by atoms with van der Waals surface area (Å²) in [7, 11) is -2.88. The number of hydrogen-bond acceptors (Lipinski definition) is 6. The average molecular weight is 461 g/mol. The molecular weight excluding hydrogens is 436 g/mol. The Kier molecular flexibility index (Phi) is 5.49. The van der Waals surface area contributed by atoms with E-state index >= 15 is 0 Å². The molecule has 0 unspecified atom stereocenters. The maximum absolute atomic E-state index is 12.9. The lowest BCUT2D eigenvalue weighted by molar-refractivity contribution is 0.102. The van der Waals surface area contributed by atoms with E-state index in [0.29, 0.717) is 35.2 Å². The third kappa shape index (κ3) is 4.16. The van der Waals surface area contributed by atoms with E-state index < -0.39 is 10.6 Å². The first kappa shape index (κ1) is 21.4. The molecule has 168 valence electrons. The lowest BCUT2D eigenvalue weighted by Gasteiger charge is -2.32. The topological polar surface area (TPSA) is 98.6 Å². The van der Waals surface area contributed by atoms with E-state index in [1.165, 1.54) is 0 Å². The molecule has 2 aromatic carbocycles. The SMILES string of the molecule is Cc1cccc2c(NC(=O)c3ccccn3)cc(N3CCS(O)(O)c4ccccc4C3)nc12. The smallest absolute Gasteiger partial charge is 0.274 e. The summed E-state index contributed by atoms with van der Waals surface area (Å²) in [5.41, 5.74) is 3.60. The van der Waals surface area contributed by atoms with Gasteiger partial charge in [0.05, 0.1) is 21.9 Å². The standard InChI is InChI=1S/C25H24N4O3S/c1-17-7-6-9-19-21(27-25(30)20-10-4-5-12-26-20)15-23(28-24(17)19)29-13-14-33(31,32)22-11-3-2-8-18(22)16-29/h2-12,15,31-32H,13-14,16H2,1H3,(H,27,28,30). The summed E-state index contributed by atoms with van der Waals surface area (Å²) >= 11 is 0. The largest absolute Gasteiger partial charge is 0.351 e. The number of fused-ring (bicyclic) bond motifs is 2. The van der Waals surface area contributed by atoms with Gasteiger partial charge in [-0.3, -0.25) is 18.9 Å². The van der Waals surface area contributed by atoms with Crippen LogP contribution in [0.1, 0.15) is 21.6 Å². The van der Waals surface area contributed by atoms with E-state index in [9.17, 15) is 13.9 Å². The minimum Gasteiger partial charge on any atom is -0.351 e. The summed E-state index contributed by atoms with van der Waals surface area (Å²) in [5, 5.41) is 3.83. The quantitative estimate of drug-likeness (QED) is 0.383. The van der Waals surface area contributed by atoms with E-state index in [1.807, 2.05) is 54.3 Å². The van der Waals surface area contributed by atoms with Crippen molar-refractivity contribution in [3.05, 3.63) is 89.7 Å². The minimum absolute atomic E-state index is 0.215. The molecule has 4 aromatic rings. The van der Waals surface area contributed by atoms with Crippen molar-refractivity contribution in [1.29, 1.82) is 0 Å². The van der Waals surface area contributed by atoms with Gasteiger partial charge in [-0.05, 0) is 36.2 Å². The molecule has 0 fully saturated rings. The van der Waals surface area contributed by atoms with Crippen molar-refractivity contribution in [1.82, 2.24) is 9.97 Å². The van der Waals surface area contributed by atoms with Crippen molar-refractivity contribution in [2.45, 2.75) is 18.4 Å². The Bertz CT molecular complexity index is 1340. The molecule has 3 heterocycles. The summed E-state index contributed by atoms with van der Waals surface area (Å²) in [5.74, 6) is 0.582. The van der Waals surface area contributed by atoms with E-state index in [1.54, 1.807) is 30.5 Å². The summed E-state index contributed by atoms with van der Waals surface area (Å²) in [6.07, 6.45) is 1.59. The molecule has 33 heavy (non-hydrogen) atoms. The molecule has 0 aliphatic carbocycles. The molecule has 3 N–H and O–H groups in total. The molecule has 1 aliphatic rings. The highest BCUT2D eigenvalue weighted by Gasteiger charge is 2.27. The van der Waals surface area contributed by atoms with Gasteiger partial charge in [0.1, 0.15) is 11.5 Å². The van der Waals surface area contributed by atoms with Gasteiger partial charge < -0.3 is 10.2 Å². The first-order valence-corrected chi connectivity index (χ1v) is 12.4. The Morgan fingerprint density at radius 1 is 1.06 bits per heavy atom. The van der Waals surface area contributed by atoms with Crippen molar-refractivity contribution in [2.75, 3.05) is 22.5 Å². The van der Waals surface area contributed by atoms with Crippen LogP contribution in [0, 0.1) is 6.92 Å². The van der Waals surface area contributed by atoms with Crippen LogP contribution < -0.4 is 10.2 Å². The van der Waals surface area contributed by atoms with Gasteiger partial charge in [0, 0.05) is 30.7 Å². The normalized spacial score (nSPS) is 16.0. The van der Waals surface area contributed by atoms with Gasteiger partial charge in [-0.1, -0.05) is 42.5 Å². The van der Waals surface area contributed by atoms with Crippen molar-refractivity contribution >= 4 is 38.9 Å². The van der Waals surface area contributed by atoms with Crippen molar-refractivity contribution in [3.63, 3.8) is 0 Å². The number of rotatable bonds is 3. The summed E-state index contributed by atoms with van der Waals surface area (Å²) in [4.78, 5) is 24.5. The third-order valence-electron chi connectivity index (χ3n) is 5.83. The molecule has 0 saturated carbocycles. The van der Waals surface area contributed by atoms with Crippen molar-refractivity contribution < 1.29 is 13.9 Å². The Balaban J connectivity index is 1.58. The number of anilines is 2. The minimum atomic E-state index is -2.88. The zero-order valence-corrected chi connectivity index (χ0v) is 18.9. The van der Waals surface area contributed by atoms with Crippen LogP contribution >= 0.6 is 10.6 Å². The van der Waals surface area contributed by atoms with Gasteiger partial charge in [-0.25, -0.2) is 4.98 Å². The van der Waals surface area contributed by atoms with Crippen LogP contribution in [0.25, 0.3) is 10.9 Å². The van der Waals surface area contributed by atoms with Crippen LogP contribution in [0.4, 0.5) is 11.5 Å². The molecule has 2 aromatic heterocycles. The number of aryl methyl sites for hydroxylation is 1. The summed E-state index contributed by atoms with van der Waals surface area (Å²) in [6.45, 7) is 2.90. The Hall–Kier alpha value is -3.46. The Labute approximate surface area is 193 Å². The highest BCUT2D eigenvalue weighted by atomic mass is 32.3. The van der Waals surface area contributed by atoms with Crippen LogP contribution in [0.15, 0.2) is 77.8 Å². The number of carbonyl (C=O) groups is 1. The molecule has 0 saturated heterocycles. The molecule has 0 atom stereocenters. The number of nitrogens with zero attached hydrogens (tertiary/aromatic N) is 3. The highest BCUT2D eigenvalue weighted by Crippen LogP contribution is 2.51. The molecule has 7 nitrogen and oxygen atoms in total. The number of aromatic nitrogens is 2. The Morgan fingerprint density at radius 3 is 2.70 bits per heavy atom. The number of amides is 1. The van der Waals surface area contributed by atoms with E-state index in [0.717, 1.165) is 22.0 Å². The molecule has 0 bridgehead atoms. The number of carbonyl (C=O) groups excluding carboxylic acids is 1. The van der Waals surface area contributed by atoms with Gasteiger partial charge in [-0.2, -0.15) is 10.6 Å². The second kappa shape index (κ2) is 8.47. The van der Waals surface area contributed by atoms with Gasteiger partial charge >= 0.3 is 0 Å². The molecule has 0 spiro atoms. The van der Waals surface area contributed by atoms with E-state index in [4.69, 9.17) is 4.98 Å². The number of para-hydroxylation sites is 1. The van der Waals surface area contributed by atoms with Crippen LogP contribution in [-0.4, -0.2) is 37.3 Å². The molecular formula is C25H24N4O3S. The lowest BCUT2D eigenvalue weighted by atomic mass is 10.1. The van der Waals surface area contributed by atoms with E-state index in [-0.39, 0.29) is 11.7 Å². The van der Waals surface area contributed by atoms with Crippen molar-refractivity contribution in [3.8, 4) is 0 Å². The van der Waals surface area contributed by atoms with Gasteiger partial charge in [0.25, 0.3) is 5.91 Å². The van der Waals surface area contributed by atoms with Crippen LogP contribution in [0.2, 0.25) is 0 Å². The number of hydrogen-bond donors (Lipinski definition) is 3. The maximum Gasteiger partial charge on any atom is 0.274 e. The first-order chi connectivity index (χ1) is 15.9. The second-order valence-corrected chi connectivity index (χ2v) is 10.2. The molecule has 1 aliphatic heterocycles. The van der Waals surface area contributed by atoms with Gasteiger partial charge in [-0.15, -0.1) is 0 Å². The number of pyridine rings is 2. The fourth-order valence-corrected chi connectivity index (χ4v) is 5.65. The molecule has 0 radical (unpaired) electrons. The number of benzene rings is 2. The molecule has 8 heteroatoms. The molecule has 1 amide bonds. The summed E-state index contributed by atoms with van der Waals surface area (Å²) in [6, 6.07) is 20.3.